The topological polar surface area (TPSA) is 66.5 Å². The maximum Gasteiger partial charge on any atom is 0.262 e. The van der Waals surface area contributed by atoms with Crippen LogP contribution in [0.1, 0.15) is 36.1 Å². The molecule has 0 heterocycles. The summed E-state index contributed by atoms with van der Waals surface area (Å²) in [5.74, 6) is -0.0459. The van der Waals surface area contributed by atoms with E-state index < -0.39 is 10.0 Å². The van der Waals surface area contributed by atoms with Crippen LogP contribution in [0.4, 0.5) is 5.69 Å². The summed E-state index contributed by atoms with van der Waals surface area (Å²) in [6.07, 6.45) is 0. The van der Waals surface area contributed by atoms with Crippen molar-refractivity contribution in [2.24, 2.45) is 0 Å². The maximum atomic E-state index is 13.0. The Morgan fingerprint density at radius 1 is 1.08 bits per heavy atom. The summed E-state index contributed by atoms with van der Waals surface area (Å²) < 4.78 is 28.7. The Bertz CT molecular complexity index is 897. The molecule has 6 heteroatoms. The van der Waals surface area contributed by atoms with Gasteiger partial charge in [-0.1, -0.05) is 35.9 Å². The number of benzene rings is 2. The molecule has 1 N–H and O–H groups in total. The Balaban J connectivity index is 2.41. The predicted octanol–water partition coefficient (Wildman–Crippen LogP) is 3.78. The average molecular weight is 375 g/mol. The molecule has 2 aromatic rings. The van der Waals surface area contributed by atoms with Crippen LogP contribution in [0.2, 0.25) is 0 Å². The first-order valence-electron chi connectivity index (χ1n) is 8.59. The highest BCUT2D eigenvalue weighted by Crippen LogP contribution is 2.26. The van der Waals surface area contributed by atoms with Crippen molar-refractivity contribution in [2.45, 2.75) is 46.1 Å². The molecule has 0 aliphatic carbocycles. The molecule has 26 heavy (non-hydrogen) atoms. The number of aryl methyl sites for hydroxylation is 3. The van der Waals surface area contributed by atoms with E-state index in [0.717, 1.165) is 11.1 Å². The lowest BCUT2D eigenvalue weighted by molar-refractivity contribution is -0.129. The summed E-state index contributed by atoms with van der Waals surface area (Å²) in [6.45, 7) is 9.87. The number of para-hydroxylation sites is 1. The molecule has 140 valence electrons. The van der Waals surface area contributed by atoms with Gasteiger partial charge in [0, 0.05) is 20.0 Å². The van der Waals surface area contributed by atoms with Crippen LogP contribution < -0.4 is 4.72 Å². The summed E-state index contributed by atoms with van der Waals surface area (Å²) in [5, 5.41) is 0. The molecule has 2 aromatic carbocycles. The van der Waals surface area contributed by atoms with Gasteiger partial charge in [-0.05, 0) is 50.5 Å². The van der Waals surface area contributed by atoms with E-state index in [0.29, 0.717) is 34.8 Å². The summed E-state index contributed by atoms with van der Waals surface area (Å²) in [7, 11) is -3.73. The lowest BCUT2D eigenvalue weighted by atomic mass is 10.1. The van der Waals surface area contributed by atoms with Gasteiger partial charge in [0.15, 0.2) is 0 Å². The van der Waals surface area contributed by atoms with Gasteiger partial charge in [-0.15, -0.1) is 0 Å². The molecule has 0 radical (unpaired) electrons. The molecule has 0 aromatic heterocycles. The second-order valence-corrected chi connectivity index (χ2v) is 8.14. The Morgan fingerprint density at radius 2 is 1.65 bits per heavy atom. The van der Waals surface area contributed by atoms with Gasteiger partial charge in [-0.25, -0.2) is 8.42 Å². The second-order valence-electron chi connectivity index (χ2n) is 6.52. The Labute approximate surface area is 156 Å². The van der Waals surface area contributed by atoms with Gasteiger partial charge in [0.2, 0.25) is 5.91 Å². The summed E-state index contributed by atoms with van der Waals surface area (Å²) in [6, 6.07) is 10.9. The van der Waals surface area contributed by atoms with Crippen molar-refractivity contribution in [1.82, 2.24) is 4.90 Å². The molecule has 0 saturated heterocycles. The van der Waals surface area contributed by atoms with E-state index in [1.54, 1.807) is 30.9 Å². The number of rotatable bonds is 6. The van der Waals surface area contributed by atoms with Crippen LogP contribution in [-0.2, 0) is 21.4 Å². The van der Waals surface area contributed by atoms with Gasteiger partial charge < -0.3 is 4.90 Å². The summed E-state index contributed by atoms with van der Waals surface area (Å²) in [4.78, 5) is 13.7. The molecule has 0 atom stereocenters. The summed E-state index contributed by atoms with van der Waals surface area (Å²) >= 11 is 0. The molecule has 0 fully saturated rings. The number of nitrogens with zero attached hydrogens (tertiary/aromatic N) is 1. The van der Waals surface area contributed by atoms with Crippen LogP contribution >= 0.6 is 0 Å². The molecule has 0 bridgehead atoms. The minimum Gasteiger partial charge on any atom is -0.339 e. The molecule has 0 aliphatic heterocycles. The van der Waals surface area contributed by atoms with Crippen LogP contribution in [0.25, 0.3) is 0 Å². The van der Waals surface area contributed by atoms with E-state index in [9.17, 15) is 13.2 Å². The van der Waals surface area contributed by atoms with Crippen molar-refractivity contribution in [1.29, 1.82) is 0 Å². The van der Waals surface area contributed by atoms with Crippen molar-refractivity contribution in [2.75, 3.05) is 11.3 Å². The highest BCUT2D eigenvalue weighted by atomic mass is 32.2. The molecule has 5 nitrogen and oxygen atoms in total. The number of nitrogens with one attached hydrogen (secondary N) is 1. The predicted molar refractivity (Wildman–Crippen MR) is 105 cm³/mol. The van der Waals surface area contributed by atoms with Gasteiger partial charge in [-0.3, -0.25) is 9.52 Å². The second kappa shape index (κ2) is 7.91. The fraction of sp³-hybridized carbons (Fsp3) is 0.350. The lowest BCUT2D eigenvalue weighted by Crippen LogP contribution is -2.28. The van der Waals surface area contributed by atoms with Crippen LogP contribution in [0.3, 0.4) is 0 Å². The SMILES string of the molecule is CCN(Cc1ccccc1NS(=O)(=O)c1c(C)cc(C)cc1C)C(C)=O. The zero-order valence-corrected chi connectivity index (χ0v) is 16.8. The zero-order chi connectivity index (χ0) is 19.5. The molecular weight excluding hydrogens is 348 g/mol. The summed E-state index contributed by atoms with van der Waals surface area (Å²) in [5.41, 5.74) is 3.71. The van der Waals surface area contributed by atoms with Gasteiger partial charge in [-0.2, -0.15) is 0 Å². The number of hydrogen-bond acceptors (Lipinski definition) is 3. The number of sulfonamides is 1. The normalized spacial score (nSPS) is 11.3. The van der Waals surface area contributed by atoms with Crippen molar-refractivity contribution in [3.63, 3.8) is 0 Å². The van der Waals surface area contributed by atoms with Gasteiger partial charge in [0.1, 0.15) is 0 Å². The van der Waals surface area contributed by atoms with E-state index >= 15 is 0 Å². The van der Waals surface area contributed by atoms with Crippen LogP contribution in [0, 0.1) is 20.8 Å². The molecule has 0 unspecified atom stereocenters. The standard InChI is InChI=1S/C20H26N2O3S/c1-6-22(17(5)23)13-18-9-7-8-10-19(18)21-26(24,25)20-15(3)11-14(2)12-16(20)4/h7-12,21H,6,13H2,1-5H3. The van der Waals surface area contributed by atoms with E-state index in [2.05, 4.69) is 4.72 Å². The van der Waals surface area contributed by atoms with Crippen molar-refractivity contribution >= 4 is 21.6 Å². The van der Waals surface area contributed by atoms with Gasteiger partial charge >= 0.3 is 0 Å². The van der Waals surface area contributed by atoms with Crippen LogP contribution in [-0.4, -0.2) is 25.8 Å². The minimum absolute atomic E-state index is 0.0459. The van der Waals surface area contributed by atoms with E-state index in [-0.39, 0.29) is 5.91 Å². The number of carbonyl (C=O) groups excluding carboxylic acids is 1. The lowest BCUT2D eigenvalue weighted by Gasteiger charge is -2.21. The third-order valence-corrected chi connectivity index (χ3v) is 5.99. The highest BCUT2D eigenvalue weighted by Gasteiger charge is 2.21. The number of anilines is 1. The Kier molecular flexibility index (Phi) is 6.08. The first-order chi connectivity index (χ1) is 12.2. The Hall–Kier alpha value is -2.34. The zero-order valence-electron chi connectivity index (χ0n) is 16.0. The number of carbonyl (C=O) groups is 1. The van der Waals surface area contributed by atoms with Gasteiger partial charge in [0.25, 0.3) is 10.0 Å². The van der Waals surface area contributed by atoms with Crippen LogP contribution in [0.15, 0.2) is 41.3 Å². The number of amides is 1. The van der Waals surface area contributed by atoms with Crippen molar-refractivity contribution < 1.29 is 13.2 Å². The van der Waals surface area contributed by atoms with Crippen molar-refractivity contribution in [3.8, 4) is 0 Å². The van der Waals surface area contributed by atoms with Crippen molar-refractivity contribution in [3.05, 3.63) is 58.7 Å². The minimum atomic E-state index is -3.73. The van der Waals surface area contributed by atoms with Gasteiger partial charge in [0.05, 0.1) is 10.6 Å². The molecule has 1 amide bonds. The average Bonchev–Trinajstić information content (AvgIpc) is 2.51. The Morgan fingerprint density at radius 3 is 2.19 bits per heavy atom. The van der Waals surface area contributed by atoms with E-state index in [1.165, 1.54) is 6.92 Å². The quantitative estimate of drug-likeness (QED) is 0.837. The van der Waals surface area contributed by atoms with E-state index in [4.69, 9.17) is 0 Å². The maximum absolute atomic E-state index is 13.0. The third-order valence-electron chi connectivity index (χ3n) is 4.32. The first-order valence-corrected chi connectivity index (χ1v) is 10.1. The molecule has 2 rings (SSSR count). The fourth-order valence-electron chi connectivity index (χ4n) is 3.20. The molecular formula is C20H26N2O3S. The smallest absolute Gasteiger partial charge is 0.262 e. The highest BCUT2D eigenvalue weighted by molar-refractivity contribution is 7.92. The third kappa shape index (κ3) is 4.43. The molecule has 0 aliphatic rings. The monoisotopic (exact) mass is 374 g/mol. The molecule has 0 spiro atoms. The largest absolute Gasteiger partial charge is 0.339 e. The van der Waals surface area contributed by atoms with Crippen LogP contribution in [0.5, 0.6) is 0 Å². The fourth-order valence-corrected chi connectivity index (χ4v) is 4.75. The van der Waals surface area contributed by atoms with E-state index in [1.807, 2.05) is 38.1 Å². The number of hydrogen-bond donors (Lipinski definition) is 1. The first kappa shape index (κ1) is 20.0. The molecule has 0 saturated carbocycles.